The first-order chi connectivity index (χ1) is 13.4. The lowest BCUT2D eigenvalue weighted by Crippen LogP contribution is -2.67. The Morgan fingerprint density at radius 1 is 1.14 bits per heavy atom. The summed E-state index contributed by atoms with van der Waals surface area (Å²) < 4.78 is 18.7. The summed E-state index contributed by atoms with van der Waals surface area (Å²) in [7, 11) is 3.49. The van der Waals surface area contributed by atoms with E-state index in [-0.39, 0.29) is 11.8 Å². The Hall–Kier alpha value is -3.09. The number of hydrogen-bond donors (Lipinski definition) is 1. The molecule has 0 atom stereocenters. The monoisotopic (exact) mass is 383 g/mol. The van der Waals surface area contributed by atoms with E-state index < -0.39 is 11.5 Å². The van der Waals surface area contributed by atoms with Crippen LogP contribution in [0, 0.1) is 5.82 Å². The van der Waals surface area contributed by atoms with Gasteiger partial charge >= 0.3 is 0 Å². The first kappa shape index (κ1) is 18.3. The molecule has 0 unspecified atom stereocenters. The number of fused-ring (bicyclic) bond motifs is 1. The van der Waals surface area contributed by atoms with Gasteiger partial charge in [-0.1, -0.05) is 0 Å². The van der Waals surface area contributed by atoms with Crippen LogP contribution in [0.2, 0.25) is 0 Å². The van der Waals surface area contributed by atoms with Crippen LogP contribution in [0.4, 0.5) is 10.1 Å². The van der Waals surface area contributed by atoms with Crippen molar-refractivity contribution in [2.75, 3.05) is 32.1 Å². The van der Waals surface area contributed by atoms with Crippen LogP contribution in [0.1, 0.15) is 33.6 Å². The summed E-state index contributed by atoms with van der Waals surface area (Å²) in [6.45, 7) is 1.04. The number of hydrogen-bond acceptors (Lipinski definition) is 4. The number of carbonyl (C=O) groups is 2. The quantitative estimate of drug-likeness (QED) is 0.866. The average molecular weight is 383 g/mol. The first-order valence-corrected chi connectivity index (χ1v) is 9.23. The molecule has 1 spiro atoms. The number of benzene rings is 2. The molecule has 1 saturated heterocycles. The molecular weight excluding hydrogens is 361 g/mol. The summed E-state index contributed by atoms with van der Waals surface area (Å²) in [5, 5.41) is 3.05. The van der Waals surface area contributed by atoms with Gasteiger partial charge in [-0.3, -0.25) is 9.59 Å². The predicted octanol–water partition coefficient (Wildman–Crippen LogP) is 2.65. The molecule has 0 bridgehead atoms. The third-order valence-corrected chi connectivity index (χ3v) is 5.77. The molecule has 0 radical (unpaired) electrons. The number of halogens is 1. The Kier molecular flexibility index (Phi) is 4.45. The van der Waals surface area contributed by atoms with Crippen molar-refractivity contribution >= 4 is 17.5 Å². The van der Waals surface area contributed by atoms with E-state index in [1.165, 1.54) is 12.1 Å². The highest BCUT2D eigenvalue weighted by Crippen LogP contribution is 2.36. The molecule has 2 amide bonds. The number of ether oxygens (including phenoxy) is 1. The lowest BCUT2D eigenvalue weighted by Gasteiger charge is -2.51. The number of amides is 2. The molecule has 2 aliphatic rings. The van der Waals surface area contributed by atoms with Gasteiger partial charge < -0.3 is 19.9 Å². The van der Waals surface area contributed by atoms with E-state index in [2.05, 4.69) is 5.32 Å². The van der Waals surface area contributed by atoms with Crippen LogP contribution in [-0.2, 0) is 0 Å². The second-order valence-corrected chi connectivity index (χ2v) is 7.23. The zero-order valence-electron chi connectivity index (χ0n) is 15.9. The standard InChI is InChI=1S/C21H22FN3O3/c1-24-18-8-5-15(22)13-17(18)19(26)23-21(24)9-11-25(12-10-21)20(27)14-3-6-16(28-2)7-4-14/h3-8,13H,9-12H2,1-2H3,(H,23,26). The van der Waals surface area contributed by atoms with E-state index in [1.807, 2.05) is 11.9 Å². The van der Waals surface area contributed by atoms with Crippen LogP contribution in [0.15, 0.2) is 42.5 Å². The van der Waals surface area contributed by atoms with E-state index >= 15 is 0 Å². The number of methoxy groups -OCH3 is 1. The average Bonchev–Trinajstić information content (AvgIpc) is 2.72. The van der Waals surface area contributed by atoms with Crippen LogP contribution >= 0.6 is 0 Å². The molecule has 2 heterocycles. The van der Waals surface area contributed by atoms with Gasteiger partial charge in [0, 0.05) is 38.5 Å². The molecule has 6 nitrogen and oxygen atoms in total. The van der Waals surface area contributed by atoms with Gasteiger partial charge in [0.05, 0.1) is 18.4 Å². The third kappa shape index (κ3) is 2.96. The fourth-order valence-electron chi connectivity index (χ4n) is 4.03. The zero-order chi connectivity index (χ0) is 19.9. The normalized spacial score (nSPS) is 17.9. The summed E-state index contributed by atoms with van der Waals surface area (Å²) in [6, 6.07) is 11.3. The van der Waals surface area contributed by atoms with Crippen molar-refractivity contribution in [3.05, 3.63) is 59.4 Å². The van der Waals surface area contributed by atoms with Crippen LogP contribution in [-0.4, -0.2) is 49.6 Å². The van der Waals surface area contributed by atoms with Crippen molar-refractivity contribution in [1.29, 1.82) is 0 Å². The molecule has 2 aliphatic heterocycles. The lowest BCUT2D eigenvalue weighted by molar-refractivity contribution is 0.0609. The molecule has 0 aromatic heterocycles. The molecule has 7 heteroatoms. The SMILES string of the molecule is COc1ccc(C(=O)N2CCC3(CC2)NC(=O)c2cc(F)ccc2N3C)cc1. The molecule has 2 aromatic carbocycles. The zero-order valence-corrected chi connectivity index (χ0v) is 15.9. The molecule has 28 heavy (non-hydrogen) atoms. The smallest absolute Gasteiger partial charge is 0.255 e. The van der Waals surface area contributed by atoms with Crippen LogP contribution in [0.5, 0.6) is 5.75 Å². The Bertz CT molecular complexity index is 921. The maximum absolute atomic E-state index is 13.5. The molecule has 0 aliphatic carbocycles. The van der Waals surface area contributed by atoms with Gasteiger partial charge in [-0.25, -0.2) is 4.39 Å². The van der Waals surface area contributed by atoms with Crippen LogP contribution in [0.25, 0.3) is 0 Å². The molecule has 1 N–H and O–H groups in total. The second kappa shape index (κ2) is 6.82. The summed E-state index contributed by atoms with van der Waals surface area (Å²) in [6.07, 6.45) is 1.18. The number of carbonyl (C=O) groups excluding carboxylic acids is 2. The van der Waals surface area contributed by atoms with Crippen molar-refractivity contribution in [1.82, 2.24) is 10.2 Å². The largest absolute Gasteiger partial charge is 0.497 e. The van der Waals surface area contributed by atoms with E-state index in [4.69, 9.17) is 4.74 Å². The van der Waals surface area contributed by atoms with Crippen molar-refractivity contribution in [3.8, 4) is 5.75 Å². The summed E-state index contributed by atoms with van der Waals surface area (Å²) in [5.41, 5.74) is 1.09. The number of nitrogens with zero attached hydrogens (tertiary/aromatic N) is 2. The molecule has 146 valence electrons. The van der Waals surface area contributed by atoms with Gasteiger partial charge in [-0.2, -0.15) is 0 Å². The second-order valence-electron chi connectivity index (χ2n) is 7.23. The summed E-state index contributed by atoms with van der Waals surface area (Å²) in [4.78, 5) is 29.1. The highest BCUT2D eigenvalue weighted by molar-refractivity contribution is 6.02. The molecule has 2 aromatic rings. The molecule has 4 rings (SSSR count). The number of nitrogens with one attached hydrogen (secondary N) is 1. The van der Waals surface area contributed by atoms with Gasteiger partial charge in [0.15, 0.2) is 0 Å². The van der Waals surface area contributed by atoms with Gasteiger partial charge in [0.25, 0.3) is 11.8 Å². The van der Waals surface area contributed by atoms with E-state index in [9.17, 15) is 14.0 Å². The van der Waals surface area contributed by atoms with Gasteiger partial charge in [0.1, 0.15) is 17.2 Å². The fourth-order valence-corrected chi connectivity index (χ4v) is 4.03. The number of piperidine rings is 1. The Balaban J connectivity index is 1.50. The first-order valence-electron chi connectivity index (χ1n) is 9.23. The highest BCUT2D eigenvalue weighted by Gasteiger charge is 2.45. The third-order valence-electron chi connectivity index (χ3n) is 5.77. The van der Waals surface area contributed by atoms with Gasteiger partial charge in [-0.15, -0.1) is 0 Å². The summed E-state index contributed by atoms with van der Waals surface area (Å²) >= 11 is 0. The van der Waals surface area contributed by atoms with E-state index in [0.717, 1.165) is 0 Å². The minimum absolute atomic E-state index is 0.0373. The molecule has 0 saturated carbocycles. The van der Waals surface area contributed by atoms with Crippen LogP contribution in [0.3, 0.4) is 0 Å². The molecular formula is C21H22FN3O3. The highest BCUT2D eigenvalue weighted by atomic mass is 19.1. The maximum atomic E-state index is 13.5. The Labute approximate surface area is 162 Å². The van der Waals surface area contributed by atoms with Crippen molar-refractivity contribution < 1.29 is 18.7 Å². The predicted molar refractivity (Wildman–Crippen MR) is 103 cm³/mol. The number of anilines is 1. The van der Waals surface area contributed by atoms with Crippen molar-refractivity contribution in [2.45, 2.75) is 18.5 Å². The van der Waals surface area contributed by atoms with Gasteiger partial charge in [-0.05, 0) is 42.5 Å². The fraction of sp³-hybridized carbons (Fsp3) is 0.333. The number of likely N-dealkylation sites (tertiary alicyclic amines) is 1. The van der Waals surface area contributed by atoms with E-state index in [1.54, 1.807) is 42.3 Å². The van der Waals surface area contributed by atoms with Crippen molar-refractivity contribution in [2.24, 2.45) is 0 Å². The van der Waals surface area contributed by atoms with Gasteiger partial charge in [0.2, 0.25) is 0 Å². The summed E-state index contributed by atoms with van der Waals surface area (Å²) in [5.74, 6) is -0.0405. The topological polar surface area (TPSA) is 61.9 Å². The minimum Gasteiger partial charge on any atom is -0.497 e. The lowest BCUT2D eigenvalue weighted by atomic mass is 9.90. The molecule has 1 fully saturated rings. The maximum Gasteiger partial charge on any atom is 0.255 e. The van der Waals surface area contributed by atoms with Crippen molar-refractivity contribution in [3.63, 3.8) is 0 Å². The Morgan fingerprint density at radius 3 is 2.46 bits per heavy atom. The Morgan fingerprint density at radius 2 is 1.82 bits per heavy atom. The van der Waals surface area contributed by atoms with E-state index in [0.29, 0.717) is 48.5 Å². The van der Waals surface area contributed by atoms with Crippen LogP contribution < -0.4 is 15.0 Å². The minimum atomic E-state index is -0.571. The number of rotatable bonds is 2.